The predicted molar refractivity (Wildman–Crippen MR) is 147 cm³/mol. The Balaban J connectivity index is 1.67. The monoisotopic (exact) mass is 589 g/mol. The lowest BCUT2D eigenvalue weighted by Gasteiger charge is -2.31. The van der Waals surface area contributed by atoms with E-state index in [2.05, 4.69) is 5.10 Å². The molecule has 2 fully saturated rings. The van der Waals surface area contributed by atoms with E-state index in [4.69, 9.17) is 14.5 Å². The van der Waals surface area contributed by atoms with Crippen LogP contribution < -0.4 is 9.64 Å². The van der Waals surface area contributed by atoms with Gasteiger partial charge in [0.15, 0.2) is 11.5 Å². The highest BCUT2D eigenvalue weighted by Crippen LogP contribution is 2.41. The minimum Gasteiger partial charge on any atom is -0.472 e. The van der Waals surface area contributed by atoms with Crippen LogP contribution in [0.4, 0.5) is 34.3 Å². The summed E-state index contributed by atoms with van der Waals surface area (Å²) in [6.07, 6.45) is -1.35. The summed E-state index contributed by atoms with van der Waals surface area (Å²) in [6, 6.07) is 4.80. The third-order valence-electron chi connectivity index (χ3n) is 7.39. The Labute approximate surface area is 241 Å². The first-order chi connectivity index (χ1) is 19.7. The minimum atomic E-state index is -4.65. The second-order valence-corrected chi connectivity index (χ2v) is 11.9. The van der Waals surface area contributed by atoms with E-state index >= 15 is 0 Å². The quantitative estimate of drug-likeness (QED) is 0.344. The van der Waals surface area contributed by atoms with Gasteiger partial charge in [-0.25, -0.2) is 14.5 Å². The molecule has 1 aliphatic carbocycles. The summed E-state index contributed by atoms with van der Waals surface area (Å²) in [5, 5.41) is 14.0. The highest BCUT2D eigenvalue weighted by Gasteiger charge is 2.35. The molecule has 2 amide bonds. The highest BCUT2D eigenvalue weighted by molar-refractivity contribution is 5.96. The summed E-state index contributed by atoms with van der Waals surface area (Å²) in [7, 11) is 0. The number of nitrogens with zero attached hydrogens (tertiary/aromatic N) is 5. The molecule has 1 aliphatic heterocycles. The van der Waals surface area contributed by atoms with Crippen LogP contribution in [0, 0.1) is 6.92 Å². The van der Waals surface area contributed by atoms with Gasteiger partial charge in [0.25, 0.3) is 0 Å². The fraction of sp³-hybridized carbons (Fsp3) is 0.517. The lowest BCUT2D eigenvalue weighted by Crippen LogP contribution is -2.43. The minimum absolute atomic E-state index is 0.0644. The van der Waals surface area contributed by atoms with Crippen molar-refractivity contribution < 1.29 is 37.3 Å². The van der Waals surface area contributed by atoms with Crippen LogP contribution in [0.3, 0.4) is 0 Å². The Kier molecular flexibility index (Phi) is 7.71. The van der Waals surface area contributed by atoms with Gasteiger partial charge < -0.3 is 19.5 Å². The van der Waals surface area contributed by atoms with E-state index in [-0.39, 0.29) is 29.8 Å². The Bertz CT molecular complexity index is 1500. The Morgan fingerprint density at radius 2 is 1.81 bits per heavy atom. The number of fused-ring (bicyclic) bond motifs is 1. The number of aromatic nitrogens is 3. The van der Waals surface area contributed by atoms with Crippen molar-refractivity contribution in [1.29, 1.82) is 0 Å². The first-order valence-electron chi connectivity index (χ1n) is 13.9. The van der Waals surface area contributed by atoms with Crippen LogP contribution in [-0.4, -0.2) is 61.6 Å². The highest BCUT2D eigenvalue weighted by atomic mass is 19.4. The molecule has 0 bridgehead atoms. The number of hydrogen-bond acceptors (Lipinski definition) is 6. The molecule has 2 aromatic heterocycles. The van der Waals surface area contributed by atoms with E-state index < -0.39 is 35.6 Å². The summed E-state index contributed by atoms with van der Waals surface area (Å²) in [6.45, 7) is 7.03. The first kappa shape index (κ1) is 29.5. The lowest BCUT2D eigenvalue weighted by molar-refractivity contribution is -0.137. The first-order valence-corrected chi connectivity index (χ1v) is 13.9. The summed E-state index contributed by atoms with van der Waals surface area (Å²) >= 11 is 0. The molecule has 5 rings (SSSR count). The fourth-order valence-corrected chi connectivity index (χ4v) is 5.24. The second kappa shape index (κ2) is 11.0. The standard InChI is InChI=1S/C29H34F3N5O5/c1-17-11-19(29(30,31)32)13-20(12-17)36(27(40)42-28(2,3)4)24-14-23(41-21-9-6-10-35(16-21)26(38)39)34-25-22(15-33-37(24)25)18-7-5-8-18/h11-15,18,21H,5-10,16H2,1-4H3,(H,38,39)/t21-/m0/s1. The summed E-state index contributed by atoms with van der Waals surface area (Å²) in [5.41, 5.74) is -0.392. The van der Waals surface area contributed by atoms with Gasteiger partial charge >= 0.3 is 18.4 Å². The number of halogens is 3. The fourth-order valence-electron chi connectivity index (χ4n) is 5.24. The molecule has 1 saturated heterocycles. The van der Waals surface area contributed by atoms with Gasteiger partial charge in [0.2, 0.25) is 5.88 Å². The molecule has 3 aromatic rings. The number of alkyl halides is 3. The molecule has 0 unspecified atom stereocenters. The Morgan fingerprint density at radius 1 is 1.07 bits per heavy atom. The number of hydrogen-bond donors (Lipinski definition) is 1. The molecule has 2 aliphatic rings. The maximum Gasteiger partial charge on any atom is 0.420 e. The number of benzene rings is 1. The van der Waals surface area contributed by atoms with Crippen LogP contribution in [-0.2, 0) is 10.9 Å². The molecule has 10 nitrogen and oxygen atoms in total. The summed E-state index contributed by atoms with van der Waals surface area (Å²) in [5.74, 6) is 0.383. The van der Waals surface area contributed by atoms with Crippen molar-refractivity contribution in [3.05, 3.63) is 47.2 Å². The van der Waals surface area contributed by atoms with Gasteiger partial charge in [0, 0.05) is 18.2 Å². The van der Waals surface area contributed by atoms with Gasteiger partial charge in [0.05, 0.1) is 24.0 Å². The zero-order valence-electron chi connectivity index (χ0n) is 23.9. The third kappa shape index (κ3) is 6.24. The molecule has 0 spiro atoms. The van der Waals surface area contributed by atoms with Crippen LogP contribution in [0.15, 0.2) is 30.5 Å². The largest absolute Gasteiger partial charge is 0.472 e. The molecule has 13 heteroatoms. The topological polar surface area (TPSA) is 110 Å². The summed E-state index contributed by atoms with van der Waals surface area (Å²) in [4.78, 5) is 32.3. The van der Waals surface area contributed by atoms with Crippen LogP contribution >= 0.6 is 0 Å². The average Bonchev–Trinajstić information content (AvgIpc) is 3.25. The number of carboxylic acid groups (broad SMARTS) is 1. The average molecular weight is 590 g/mol. The van der Waals surface area contributed by atoms with Gasteiger partial charge in [-0.2, -0.15) is 27.8 Å². The maximum absolute atomic E-state index is 13.9. The van der Waals surface area contributed by atoms with Crippen molar-refractivity contribution in [2.45, 2.75) is 83.6 Å². The van der Waals surface area contributed by atoms with E-state index in [1.54, 1.807) is 27.0 Å². The molecule has 3 heterocycles. The van der Waals surface area contributed by atoms with Gasteiger partial charge in [-0.15, -0.1) is 0 Å². The number of amides is 2. The van der Waals surface area contributed by atoms with Crippen molar-refractivity contribution in [2.24, 2.45) is 0 Å². The number of rotatable bonds is 5. The van der Waals surface area contributed by atoms with Gasteiger partial charge in [0.1, 0.15) is 11.7 Å². The Hall–Kier alpha value is -4.03. The molecule has 1 aromatic carbocycles. The molecule has 1 atom stereocenters. The van der Waals surface area contributed by atoms with Crippen molar-refractivity contribution in [1.82, 2.24) is 19.5 Å². The van der Waals surface area contributed by atoms with Crippen LogP contribution in [0.25, 0.3) is 5.65 Å². The lowest BCUT2D eigenvalue weighted by atomic mass is 9.81. The van der Waals surface area contributed by atoms with E-state index in [0.29, 0.717) is 30.6 Å². The van der Waals surface area contributed by atoms with Crippen molar-refractivity contribution in [3.63, 3.8) is 0 Å². The normalized spacial score (nSPS) is 18.1. The zero-order chi connectivity index (χ0) is 30.4. The SMILES string of the molecule is Cc1cc(N(C(=O)OC(C)(C)C)c2cc(O[C@H]3CCCN(C(=O)O)C3)nc3c(C4CCC4)cnn23)cc(C(F)(F)F)c1. The molecular weight excluding hydrogens is 555 g/mol. The molecule has 226 valence electrons. The molecular formula is C29H34F3N5O5. The number of carbonyl (C=O) groups is 2. The van der Waals surface area contributed by atoms with Crippen LogP contribution in [0.2, 0.25) is 0 Å². The number of anilines is 2. The van der Waals surface area contributed by atoms with E-state index in [1.165, 1.54) is 28.5 Å². The van der Waals surface area contributed by atoms with Gasteiger partial charge in [-0.3, -0.25) is 0 Å². The third-order valence-corrected chi connectivity index (χ3v) is 7.39. The number of carbonyl (C=O) groups excluding carboxylic acids is 1. The van der Waals surface area contributed by atoms with Gasteiger partial charge in [-0.05, 0) is 83.1 Å². The molecule has 0 radical (unpaired) electrons. The molecule has 1 N–H and O–H groups in total. The van der Waals surface area contributed by atoms with Crippen molar-refractivity contribution in [3.8, 4) is 5.88 Å². The number of ether oxygens (including phenoxy) is 2. The van der Waals surface area contributed by atoms with Crippen LogP contribution in [0.1, 0.15) is 75.5 Å². The van der Waals surface area contributed by atoms with E-state index in [0.717, 1.165) is 41.9 Å². The number of piperidine rings is 1. The van der Waals surface area contributed by atoms with E-state index in [1.807, 2.05) is 0 Å². The second-order valence-electron chi connectivity index (χ2n) is 11.9. The summed E-state index contributed by atoms with van der Waals surface area (Å²) < 4.78 is 54.9. The van der Waals surface area contributed by atoms with Crippen molar-refractivity contribution in [2.75, 3.05) is 18.0 Å². The zero-order valence-corrected chi connectivity index (χ0v) is 23.9. The molecule has 42 heavy (non-hydrogen) atoms. The van der Waals surface area contributed by atoms with E-state index in [9.17, 15) is 27.9 Å². The van der Waals surface area contributed by atoms with Gasteiger partial charge in [-0.1, -0.05) is 6.42 Å². The number of likely N-dealkylation sites (tertiary alicyclic amines) is 1. The Morgan fingerprint density at radius 3 is 2.43 bits per heavy atom. The maximum atomic E-state index is 13.9. The smallest absolute Gasteiger partial charge is 0.420 e. The number of aryl methyl sites for hydroxylation is 1. The predicted octanol–water partition coefficient (Wildman–Crippen LogP) is 6.92. The molecule has 1 saturated carbocycles. The van der Waals surface area contributed by atoms with Crippen molar-refractivity contribution >= 4 is 29.3 Å². The van der Waals surface area contributed by atoms with Crippen LogP contribution in [0.5, 0.6) is 5.88 Å².